The van der Waals surface area contributed by atoms with Crippen molar-refractivity contribution in [3.63, 3.8) is 0 Å². The van der Waals surface area contributed by atoms with Gasteiger partial charge in [-0.3, -0.25) is 4.79 Å². The lowest BCUT2D eigenvalue weighted by Crippen LogP contribution is -2.40. The molecule has 0 bridgehead atoms. The van der Waals surface area contributed by atoms with Crippen molar-refractivity contribution in [2.75, 3.05) is 0 Å². The van der Waals surface area contributed by atoms with E-state index in [2.05, 4.69) is 5.32 Å². The van der Waals surface area contributed by atoms with Gasteiger partial charge in [0.25, 0.3) is 5.91 Å². The first kappa shape index (κ1) is 18.0. The van der Waals surface area contributed by atoms with Crippen molar-refractivity contribution >= 4 is 5.91 Å². The van der Waals surface area contributed by atoms with Gasteiger partial charge in [-0.05, 0) is 37.5 Å². The van der Waals surface area contributed by atoms with Crippen molar-refractivity contribution in [1.82, 2.24) is 5.32 Å². The number of carbonyl (C=O) groups is 1. The van der Waals surface area contributed by atoms with Crippen LogP contribution in [-0.2, 0) is 4.79 Å². The quantitative estimate of drug-likeness (QED) is 0.809. The average Bonchev–Trinajstić information content (AvgIpc) is 2.59. The van der Waals surface area contributed by atoms with Crippen LogP contribution < -0.4 is 10.1 Å². The van der Waals surface area contributed by atoms with Crippen LogP contribution >= 0.6 is 0 Å². The molecule has 128 valence electrons. The average molecular weight is 329 g/mol. The van der Waals surface area contributed by atoms with E-state index in [9.17, 15) is 9.18 Å². The van der Waals surface area contributed by atoms with E-state index in [1.54, 1.807) is 12.1 Å². The number of rotatable bonds is 7. The van der Waals surface area contributed by atoms with Gasteiger partial charge < -0.3 is 10.1 Å². The third-order valence-electron chi connectivity index (χ3n) is 3.97. The summed E-state index contributed by atoms with van der Waals surface area (Å²) in [5.74, 6) is -0.592. The highest BCUT2D eigenvalue weighted by Gasteiger charge is 2.22. The van der Waals surface area contributed by atoms with Gasteiger partial charge in [0.2, 0.25) is 0 Å². The fourth-order valence-electron chi connectivity index (χ4n) is 2.50. The Bertz CT molecular complexity index is 670. The smallest absolute Gasteiger partial charge is 0.261 e. The number of benzene rings is 2. The van der Waals surface area contributed by atoms with Gasteiger partial charge >= 0.3 is 0 Å². The van der Waals surface area contributed by atoms with Gasteiger partial charge in [0.15, 0.2) is 17.7 Å². The van der Waals surface area contributed by atoms with Crippen LogP contribution in [0.25, 0.3) is 0 Å². The minimum atomic E-state index is -0.721. The van der Waals surface area contributed by atoms with Gasteiger partial charge in [-0.1, -0.05) is 55.8 Å². The lowest BCUT2D eigenvalue weighted by Gasteiger charge is -2.22. The molecule has 2 aromatic carbocycles. The molecule has 4 heteroatoms. The molecule has 0 heterocycles. The number of aryl methyl sites for hydroxylation is 1. The molecule has 0 aliphatic heterocycles. The summed E-state index contributed by atoms with van der Waals surface area (Å²) in [6, 6.07) is 14.1. The molecule has 24 heavy (non-hydrogen) atoms. The maximum atomic E-state index is 13.7. The van der Waals surface area contributed by atoms with Crippen LogP contribution in [-0.4, -0.2) is 12.0 Å². The highest BCUT2D eigenvalue weighted by Crippen LogP contribution is 2.20. The highest BCUT2D eigenvalue weighted by molar-refractivity contribution is 5.81. The Morgan fingerprint density at radius 3 is 2.33 bits per heavy atom. The Kier molecular flexibility index (Phi) is 6.36. The van der Waals surface area contributed by atoms with Crippen LogP contribution in [0.2, 0.25) is 0 Å². The first-order valence-corrected chi connectivity index (χ1v) is 8.33. The van der Waals surface area contributed by atoms with Crippen LogP contribution in [0.15, 0.2) is 48.5 Å². The first-order chi connectivity index (χ1) is 11.5. The molecule has 1 N–H and O–H groups in total. The Hall–Kier alpha value is -2.36. The molecule has 0 aliphatic carbocycles. The molecule has 0 aromatic heterocycles. The van der Waals surface area contributed by atoms with Gasteiger partial charge in [-0.15, -0.1) is 0 Å². The summed E-state index contributed by atoms with van der Waals surface area (Å²) >= 11 is 0. The molecule has 2 rings (SSSR count). The van der Waals surface area contributed by atoms with Crippen molar-refractivity contribution < 1.29 is 13.9 Å². The van der Waals surface area contributed by atoms with Crippen molar-refractivity contribution in [3.05, 3.63) is 65.5 Å². The zero-order valence-corrected chi connectivity index (χ0v) is 14.4. The minimum absolute atomic E-state index is 0.0867. The maximum Gasteiger partial charge on any atom is 0.261 e. The third-order valence-corrected chi connectivity index (χ3v) is 3.97. The number of amides is 1. The lowest BCUT2D eigenvalue weighted by molar-refractivity contribution is -0.129. The number of carbonyl (C=O) groups excluding carboxylic acids is 1. The molecule has 0 spiro atoms. The molecule has 0 fully saturated rings. The molecular formula is C20H24FNO2. The van der Waals surface area contributed by atoms with Crippen molar-refractivity contribution in [2.24, 2.45) is 0 Å². The van der Waals surface area contributed by atoms with Gasteiger partial charge in [0.05, 0.1) is 6.04 Å². The molecule has 0 unspecified atom stereocenters. The van der Waals surface area contributed by atoms with E-state index in [1.165, 1.54) is 17.7 Å². The molecule has 0 saturated heterocycles. The molecule has 2 aromatic rings. The Labute approximate surface area is 142 Å². The van der Waals surface area contributed by atoms with E-state index in [1.807, 2.05) is 45.0 Å². The van der Waals surface area contributed by atoms with Crippen molar-refractivity contribution in [3.8, 4) is 5.75 Å². The summed E-state index contributed by atoms with van der Waals surface area (Å²) in [4.78, 5) is 12.5. The molecular weight excluding hydrogens is 305 g/mol. The second-order valence-electron chi connectivity index (χ2n) is 5.83. The van der Waals surface area contributed by atoms with Crippen molar-refractivity contribution in [1.29, 1.82) is 0 Å². The largest absolute Gasteiger partial charge is 0.478 e. The predicted molar refractivity (Wildman–Crippen MR) is 93.5 cm³/mol. The number of hydrogen-bond acceptors (Lipinski definition) is 2. The normalized spacial score (nSPS) is 13.2. The fraction of sp³-hybridized carbons (Fsp3) is 0.350. The van der Waals surface area contributed by atoms with E-state index < -0.39 is 11.9 Å². The van der Waals surface area contributed by atoms with Crippen LogP contribution in [0.5, 0.6) is 5.75 Å². The van der Waals surface area contributed by atoms with E-state index in [-0.39, 0.29) is 17.7 Å². The van der Waals surface area contributed by atoms with E-state index in [0.717, 1.165) is 12.0 Å². The fourth-order valence-corrected chi connectivity index (χ4v) is 2.50. The zero-order valence-electron chi connectivity index (χ0n) is 14.4. The second kappa shape index (κ2) is 8.48. The summed E-state index contributed by atoms with van der Waals surface area (Å²) in [7, 11) is 0. The number of ether oxygens (including phenoxy) is 1. The first-order valence-electron chi connectivity index (χ1n) is 8.33. The van der Waals surface area contributed by atoms with Crippen LogP contribution in [0.3, 0.4) is 0 Å². The summed E-state index contributed by atoms with van der Waals surface area (Å²) in [5.41, 5.74) is 2.23. The molecule has 3 nitrogen and oxygen atoms in total. The SMILES string of the molecule is CC[C@@H](Oc1ccccc1F)C(=O)N[C@H](CC)c1ccc(C)cc1. The van der Waals surface area contributed by atoms with E-state index in [4.69, 9.17) is 4.74 Å². The predicted octanol–water partition coefficient (Wildman–Crippen LogP) is 4.56. The third kappa shape index (κ3) is 4.57. The van der Waals surface area contributed by atoms with Crippen LogP contribution in [0, 0.1) is 12.7 Å². The second-order valence-corrected chi connectivity index (χ2v) is 5.83. The van der Waals surface area contributed by atoms with Crippen LogP contribution in [0.1, 0.15) is 43.9 Å². The van der Waals surface area contributed by atoms with Gasteiger partial charge in [0, 0.05) is 0 Å². The maximum absolute atomic E-state index is 13.7. The molecule has 0 radical (unpaired) electrons. The van der Waals surface area contributed by atoms with E-state index in [0.29, 0.717) is 6.42 Å². The van der Waals surface area contributed by atoms with Gasteiger partial charge in [-0.25, -0.2) is 4.39 Å². The van der Waals surface area contributed by atoms with Crippen molar-refractivity contribution in [2.45, 2.75) is 45.8 Å². The number of halogens is 1. The van der Waals surface area contributed by atoms with E-state index >= 15 is 0 Å². The summed E-state index contributed by atoms with van der Waals surface area (Å²) in [6.07, 6.45) is 0.511. The molecule has 0 saturated carbocycles. The Balaban J connectivity index is 2.07. The number of nitrogens with one attached hydrogen (secondary N) is 1. The summed E-state index contributed by atoms with van der Waals surface area (Å²) in [6.45, 7) is 5.89. The zero-order chi connectivity index (χ0) is 17.5. The Morgan fingerprint density at radius 2 is 1.75 bits per heavy atom. The minimum Gasteiger partial charge on any atom is -0.478 e. The molecule has 2 atom stereocenters. The molecule has 1 amide bonds. The summed E-state index contributed by atoms with van der Waals surface area (Å²) in [5, 5.41) is 3.01. The lowest BCUT2D eigenvalue weighted by atomic mass is 10.0. The standard InChI is InChI=1S/C20H24FNO2/c1-4-17(15-12-10-14(3)11-13-15)22-20(23)18(5-2)24-19-9-7-6-8-16(19)21/h6-13,17-18H,4-5H2,1-3H3,(H,22,23)/t17-,18-/m1/s1. The van der Waals surface area contributed by atoms with Crippen LogP contribution in [0.4, 0.5) is 4.39 Å². The van der Waals surface area contributed by atoms with Gasteiger partial charge in [-0.2, -0.15) is 0 Å². The van der Waals surface area contributed by atoms with Gasteiger partial charge in [0.1, 0.15) is 0 Å². The topological polar surface area (TPSA) is 38.3 Å². The molecule has 0 aliphatic rings. The number of hydrogen-bond donors (Lipinski definition) is 1. The number of para-hydroxylation sites is 1. The highest BCUT2D eigenvalue weighted by atomic mass is 19.1. The summed E-state index contributed by atoms with van der Waals surface area (Å²) < 4.78 is 19.3. The Morgan fingerprint density at radius 1 is 1.08 bits per heavy atom. The monoisotopic (exact) mass is 329 g/mol.